The van der Waals surface area contributed by atoms with Crippen molar-refractivity contribution in [3.63, 3.8) is 0 Å². The highest BCUT2D eigenvalue weighted by Gasteiger charge is 2.55. The molecule has 0 radical (unpaired) electrons. The second kappa shape index (κ2) is 13.9. The number of esters is 1. The predicted octanol–water partition coefficient (Wildman–Crippen LogP) is 4.84. The van der Waals surface area contributed by atoms with Gasteiger partial charge in [0, 0.05) is 24.3 Å². The Morgan fingerprint density at radius 2 is 1.93 bits per heavy atom. The molecule has 5 atom stereocenters. The highest BCUT2D eigenvalue weighted by atomic mass is 19.1. The molecule has 1 spiro atoms. The molecule has 0 bridgehead atoms. The van der Waals surface area contributed by atoms with E-state index in [9.17, 15) is 14.4 Å². The number of carbonyl (C=O) groups is 3. The number of amides is 2. The lowest BCUT2D eigenvalue weighted by Crippen LogP contribution is -2.64. The SMILES string of the molecule is COC(=O)CCC#CC1C=CC=CC1c1cccc(CC2N(C(=O)OCc3ccccc3)C(C)CC23COCC(=O)N3)c1F. The van der Waals surface area contributed by atoms with E-state index in [2.05, 4.69) is 21.9 Å². The molecule has 8 nitrogen and oxygen atoms in total. The Kier molecular flexibility index (Phi) is 9.81. The number of methoxy groups -OCH3 is 1. The molecule has 9 heteroatoms. The van der Waals surface area contributed by atoms with E-state index in [0.717, 1.165) is 5.56 Å². The van der Waals surface area contributed by atoms with Gasteiger partial charge in [-0.15, -0.1) is 5.92 Å². The topological polar surface area (TPSA) is 94.2 Å². The van der Waals surface area contributed by atoms with Crippen molar-refractivity contribution >= 4 is 18.0 Å². The second-order valence-corrected chi connectivity index (χ2v) is 11.5. The molecule has 1 aliphatic carbocycles. The number of carbonyl (C=O) groups excluding carboxylic acids is 3. The number of allylic oxidation sites excluding steroid dienone is 4. The molecule has 44 heavy (non-hydrogen) atoms. The Labute approximate surface area is 257 Å². The number of hydrogen-bond donors (Lipinski definition) is 1. The van der Waals surface area contributed by atoms with Crippen molar-refractivity contribution in [3.8, 4) is 11.8 Å². The van der Waals surface area contributed by atoms with Crippen LogP contribution < -0.4 is 5.32 Å². The summed E-state index contributed by atoms with van der Waals surface area (Å²) in [7, 11) is 1.34. The molecule has 0 saturated carbocycles. The summed E-state index contributed by atoms with van der Waals surface area (Å²) in [5, 5.41) is 3.09. The number of hydrogen-bond acceptors (Lipinski definition) is 6. The molecule has 5 unspecified atom stereocenters. The van der Waals surface area contributed by atoms with E-state index in [1.54, 1.807) is 23.1 Å². The van der Waals surface area contributed by atoms with Crippen LogP contribution in [0.2, 0.25) is 0 Å². The van der Waals surface area contributed by atoms with Crippen molar-refractivity contribution in [1.29, 1.82) is 0 Å². The van der Waals surface area contributed by atoms with Crippen molar-refractivity contribution in [2.24, 2.45) is 5.92 Å². The first-order chi connectivity index (χ1) is 21.3. The molecule has 2 heterocycles. The molecule has 3 aliphatic rings. The molecular formula is C35H37FN2O6. The van der Waals surface area contributed by atoms with E-state index in [4.69, 9.17) is 9.47 Å². The minimum absolute atomic E-state index is 0.0608. The maximum atomic E-state index is 16.4. The Hall–Kier alpha value is -4.42. The van der Waals surface area contributed by atoms with Gasteiger partial charge in [-0.2, -0.15) is 0 Å². The normalized spacial score (nSPS) is 25.7. The summed E-state index contributed by atoms with van der Waals surface area (Å²) in [4.78, 5) is 39.2. The summed E-state index contributed by atoms with van der Waals surface area (Å²) >= 11 is 0. The Morgan fingerprint density at radius 1 is 1.14 bits per heavy atom. The third-order valence-corrected chi connectivity index (χ3v) is 8.47. The highest BCUT2D eigenvalue weighted by Crippen LogP contribution is 2.39. The zero-order chi connectivity index (χ0) is 31.1. The predicted molar refractivity (Wildman–Crippen MR) is 162 cm³/mol. The third kappa shape index (κ3) is 6.87. The van der Waals surface area contributed by atoms with Gasteiger partial charge in [-0.25, -0.2) is 9.18 Å². The molecule has 2 aliphatic heterocycles. The summed E-state index contributed by atoms with van der Waals surface area (Å²) in [5.74, 6) is 4.61. The fourth-order valence-corrected chi connectivity index (χ4v) is 6.42. The van der Waals surface area contributed by atoms with Gasteiger partial charge in [0.15, 0.2) is 0 Å². The molecule has 2 aromatic rings. The largest absolute Gasteiger partial charge is 0.469 e. The summed E-state index contributed by atoms with van der Waals surface area (Å²) in [6.07, 6.45) is 8.21. The van der Waals surface area contributed by atoms with Gasteiger partial charge in [0.05, 0.1) is 31.7 Å². The van der Waals surface area contributed by atoms with Crippen LogP contribution in [0.25, 0.3) is 0 Å². The van der Waals surface area contributed by atoms with E-state index < -0.39 is 17.7 Å². The molecule has 2 fully saturated rings. The molecule has 2 aromatic carbocycles. The van der Waals surface area contributed by atoms with Crippen LogP contribution in [-0.2, 0) is 36.8 Å². The fraction of sp³-hybridized carbons (Fsp3) is 0.400. The number of likely N-dealkylation sites (tertiary alicyclic amines) is 1. The first-order valence-corrected chi connectivity index (χ1v) is 14.9. The van der Waals surface area contributed by atoms with Gasteiger partial charge in [0.25, 0.3) is 0 Å². The monoisotopic (exact) mass is 600 g/mol. The van der Waals surface area contributed by atoms with Crippen LogP contribution in [0.3, 0.4) is 0 Å². The quantitative estimate of drug-likeness (QED) is 0.361. The summed E-state index contributed by atoms with van der Waals surface area (Å²) in [6, 6.07) is 13.8. The van der Waals surface area contributed by atoms with E-state index in [1.165, 1.54) is 7.11 Å². The average Bonchev–Trinajstić information content (AvgIpc) is 3.28. The number of rotatable bonds is 7. The number of nitrogens with one attached hydrogen (secondary N) is 1. The fourth-order valence-electron chi connectivity index (χ4n) is 6.42. The van der Waals surface area contributed by atoms with Crippen molar-refractivity contribution in [2.45, 2.75) is 62.8 Å². The lowest BCUT2D eigenvalue weighted by Gasteiger charge is -2.41. The van der Waals surface area contributed by atoms with E-state index >= 15 is 4.39 Å². The number of ether oxygens (including phenoxy) is 3. The zero-order valence-corrected chi connectivity index (χ0v) is 25.0. The smallest absolute Gasteiger partial charge is 0.410 e. The van der Waals surface area contributed by atoms with Gasteiger partial charge in [-0.1, -0.05) is 78.8 Å². The lowest BCUT2D eigenvalue weighted by atomic mass is 9.81. The summed E-state index contributed by atoms with van der Waals surface area (Å²) < 4.78 is 32.5. The van der Waals surface area contributed by atoms with Gasteiger partial charge in [0.2, 0.25) is 5.91 Å². The van der Waals surface area contributed by atoms with Crippen molar-refractivity contribution in [1.82, 2.24) is 10.2 Å². The van der Waals surface area contributed by atoms with Crippen molar-refractivity contribution in [2.75, 3.05) is 20.3 Å². The van der Waals surface area contributed by atoms with Crippen LogP contribution >= 0.6 is 0 Å². The number of nitrogens with zero attached hydrogens (tertiary/aromatic N) is 1. The van der Waals surface area contributed by atoms with E-state index in [-0.39, 0.29) is 68.2 Å². The van der Waals surface area contributed by atoms with Gasteiger partial charge >= 0.3 is 12.1 Å². The van der Waals surface area contributed by atoms with Crippen LogP contribution in [0.15, 0.2) is 72.8 Å². The zero-order valence-electron chi connectivity index (χ0n) is 25.0. The van der Waals surface area contributed by atoms with Gasteiger partial charge in [-0.05, 0) is 36.5 Å². The minimum Gasteiger partial charge on any atom is -0.469 e. The summed E-state index contributed by atoms with van der Waals surface area (Å²) in [6.45, 7) is 2.15. The van der Waals surface area contributed by atoms with Crippen LogP contribution in [0.4, 0.5) is 9.18 Å². The Balaban J connectivity index is 1.41. The first-order valence-electron chi connectivity index (χ1n) is 14.9. The van der Waals surface area contributed by atoms with Gasteiger partial charge in [0.1, 0.15) is 19.0 Å². The Morgan fingerprint density at radius 3 is 2.70 bits per heavy atom. The molecule has 1 N–H and O–H groups in total. The van der Waals surface area contributed by atoms with Crippen LogP contribution in [-0.4, -0.2) is 60.8 Å². The van der Waals surface area contributed by atoms with Gasteiger partial charge < -0.3 is 19.5 Å². The molecule has 230 valence electrons. The van der Waals surface area contributed by atoms with Crippen LogP contribution in [0.1, 0.15) is 48.8 Å². The molecule has 0 aromatic heterocycles. The van der Waals surface area contributed by atoms with Crippen LogP contribution in [0, 0.1) is 23.6 Å². The Bertz CT molecular complexity index is 1500. The second-order valence-electron chi connectivity index (χ2n) is 11.5. The molecular weight excluding hydrogens is 563 g/mol. The lowest BCUT2D eigenvalue weighted by molar-refractivity contribution is -0.140. The van der Waals surface area contributed by atoms with E-state index in [0.29, 0.717) is 24.0 Å². The summed E-state index contributed by atoms with van der Waals surface area (Å²) in [5.41, 5.74) is 0.869. The van der Waals surface area contributed by atoms with Crippen molar-refractivity contribution in [3.05, 3.63) is 95.3 Å². The number of morpholine rings is 1. The standard InChI is InChI=1S/C35H37FN2O6/c1-24-20-35(23-43-22-31(39)37-35)30(38(24)34(41)44-21-25-11-4-3-5-12-25)19-27-15-10-17-29(33(27)36)28-16-8-6-13-26(28)14-7-9-18-32(40)42-2/h3-6,8,10-13,15-17,24,26,28,30H,9,18-23H2,1-2H3,(H,37,39). The van der Waals surface area contributed by atoms with E-state index in [1.807, 2.05) is 61.6 Å². The van der Waals surface area contributed by atoms with Crippen molar-refractivity contribution < 1.29 is 33.0 Å². The first kappa shape index (κ1) is 31.0. The maximum absolute atomic E-state index is 16.4. The highest BCUT2D eigenvalue weighted by molar-refractivity contribution is 5.79. The van der Waals surface area contributed by atoms with Crippen LogP contribution in [0.5, 0.6) is 0 Å². The molecule has 5 rings (SSSR count). The maximum Gasteiger partial charge on any atom is 0.410 e. The molecule has 2 amide bonds. The third-order valence-electron chi connectivity index (χ3n) is 8.47. The van der Waals surface area contributed by atoms with Gasteiger partial charge in [-0.3, -0.25) is 14.5 Å². The molecule has 2 saturated heterocycles. The average molecular weight is 601 g/mol. The minimum atomic E-state index is -0.885. The number of benzene rings is 2. The number of halogens is 1.